The summed E-state index contributed by atoms with van der Waals surface area (Å²) in [5.41, 5.74) is 0.0685. The summed E-state index contributed by atoms with van der Waals surface area (Å²) in [7, 11) is 0. The SMILES string of the molecule is O=C(CCCOc1ccccc1Cl)N1CCN(C(=O)c2ccccc2F)CC1. The third-order valence-electron chi connectivity index (χ3n) is 4.65. The number of amides is 2. The number of hydrogen-bond donors (Lipinski definition) is 0. The van der Waals surface area contributed by atoms with Crippen LogP contribution in [-0.2, 0) is 4.79 Å². The minimum atomic E-state index is -0.524. The number of ether oxygens (including phenoxy) is 1. The first-order chi connectivity index (χ1) is 13.6. The number of carbonyl (C=O) groups excluding carboxylic acids is 2. The van der Waals surface area contributed by atoms with Crippen molar-refractivity contribution in [3.05, 3.63) is 64.9 Å². The molecule has 0 atom stereocenters. The summed E-state index contributed by atoms with van der Waals surface area (Å²) in [6.45, 7) is 2.10. The molecule has 1 heterocycles. The van der Waals surface area contributed by atoms with Gasteiger partial charge in [0.2, 0.25) is 5.91 Å². The lowest BCUT2D eigenvalue weighted by atomic mass is 10.1. The molecule has 0 radical (unpaired) electrons. The summed E-state index contributed by atoms with van der Waals surface area (Å²) in [5, 5.41) is 0.546. The fourth-order valence-corrected chi connectivity index (χ4v) is 3.28. The second-order valence-electron chi connectivity index (χ2n) is 6.54. The van der Waals surface area contributed by atoms with Gasteiger partial charge in [0.15, 0.2) is 0 Å². The van der Waals surface area contributed by atoms with Crippen molar-refractivity contribution in [3.63, 3.8) is 0 Å². The van der Waals surface area contributed by atoms with E-state index in [0.717, 1.165) is 0 Å². The van der Waals surface area contributed by atoms with Crippen LogP contribution in [0, 0.1) is 5.82 Å². The molecule has 0 N–H and O–H groups in total. The van der Waals surface area contributed by atoms with Crippen molar-refractivity contribution < 1.29 is 18.7 Å². The maximum absolute atomic E-state index is 13.8. The molecule has 7 heteroatoms. The Morgan fingerprint density at radius 1 is 0.964 bits per heavy atom. The summed E-state index contributed by atoms with van der Waals surface area (Å²) in [6, 6.07) is 13.2. The van der Waals surface area contributed by atoms with E-state index in [0.29, 0.717) is 56.4 Å². The van der Waals surface area contributed by atoms with E-state index in [1.165, 1.54) is 12.1 Å². The van der Waals surface area contributed by atoms with E-state index in [1.54, 1.807) is 34.1 Å². The first kappa shape index (κ1) is 20.1. The van der Waals surface area contributed by atoms with Gasteiger partial charge in [-0.2, -0.15) is 0 Å². The molecule has 2 aromatic rings. The van der Waals surface area contributed by atoms with Gasteiger partial charge in [-0.3, -0.25) is 9.59 Å². The molecule has 0 spiro atoms. The highest BCUT2D eigenvalue weighted by atomic mass is 35.5. The number of carbonyl (C=O) groups is 2. The van der Waals surface area contributed by atoms with Crippen LogP contribution in [0.1, 0.15) is 23.2 Å². The average Bonchev–Trinajstić information content (AvgIpc) is 2.72. The van der Waals surface area contributed by atoms with Crippen LogP contribution in [0.4, 0.5) is 4.39 Å². The van der Waals surface area contributed by atoms with Crippen molar-refractivity contribution in [3.8, 4) is 5.75 Å². The Kier molecular flexibility index (Phi) is 6.87. The molecule has 0 aromatic heterocycles. The van der Waals surface area contributed by atoms with Crippen molar-refractivity contribution >= 4 is 23.4 Å². The van der Waals surface area contributed by atoms with Crippen LogP contribution in [0.15, 0.2) is 48.5 Å². The molecule has 2 aromatic carbocycles. The number of rotatable bonds is 6. The number of nitrogens with zero attached hydrogens (tertiary/aromatic N) is 2. The summed E-state index contributed by atoms with van der Waals surface area (Å²) >= 11 is 6.02. The van der Waals surface area contributed by atoms with Gasteiger partial charge < -0.3 is 14.5 Å². The Hall–Kier alpha value is -2.60. The first-order valence-corrected chi connectivity index (χ1v) is 9.63. The second kappa shape index (κ2) is 9.55. The summed E-state index contributed by atoms with van der Waals surface area (Å²) in [6.07, 6.45) is 0.949. The standard InChI is InChI=1S/C21H22ClFN2O3/c22-17-7-2-4-9-19(17)28-15-5-10-20(26)24-11-13-25(14-12-24)21(27)16-6-1-3-8-18(16)23/h1-4,6-9H,5,10-15H2. The molecule has 28 heavy (non-hydrogen) atoms. The Labute approximate surface area is 168 Å². The van der Waals surface area contributed by atoms with Crippen molar-refractivity contribution in [1.82, 2.24) is 9.80 Å². The molecule has 0 saturated carbocycles. The molecular weight excluding hydrogens is 383 g/mol. The summed E-state index contributed by atoms with van der Waals surface area (Å²) in [4.78, 5) is 28.1. The van der Waals surface area contributed by atoms with Crippen molar-refractivity contribution in [2.45, 2.75) is 12.8 Å². The minimum absolute atomic E-state index is 0.0285. The van der Waals surface area contributed by atoms with E-state index >= 15 is 0 Å². The normalized spacial score (nSPS) is 14.1. The van der Waals surface area contributed by atoms with Gasteiger partial charge in [0, 0.05) is 32.6 Å². The Morgan fingerprint density at radius 3 is 2.32 bits per heavy atom. The molecule has 3 rings (SSSR count). The van der Waals surface area contributed by atoms with E-state index in [1.807, 2.05) is 12.1 Å². The molecule has 0 aliphatic carbocycles. The Morgan fingerprint density at radius 2 is 1.61 bits per heavy atom. The van der Waals surface area contributed by atoms with Gasteiger partial charge in [-0.25, -0.2) is 4.39 Å². The number of hydrogen-bond acceptors (Lipinski definition) is 3. The van der Waals surface area contributed by atoms with E-state index in [4.69, 9.17) is 16.3 Å². The fourth-order valence-electron chi connectivity index (χ4n) is 3.09. The molecule has 1 saturated heterocycles. The van der Waals surface area contributed by atoms with Crippen LogP contribution < -0.4 is 4.74 Å². The largest absolute Gasteiger partial charge is 0.492 e. The fraction of sp³-hybridized carbons (Fsp3) is 0.333. The van der Waals surface area contributed by atoms with E-state index in [2.05, 4.69) is 0 Å². The summed E-state index contributed by atoms with van der Waals surface area (Å²) in [5.74, 6) is -0.222. The zero-order valence-electron chi connectivity index (χ0n) is 15.4. The molecule has 5 nitrogen and oxygen atoms in total. The van der Waals surface area contributed by atoms with Crippen LogP contribution in [-0.4, -0.2) is 54.4 Å². The van der Waals surface area contributed by atoms with Gasteiger partial charge >= 0.3 is 0 Å². The van der Waals surface area contributed by atoms with E-state index in [9.17, 15) is 14.0 Å². The predicted molar refractivity (Wildman–Crippen MR) is 105 cm³/mol. The number of para-hydroxylation sites is 1. The average molecular weight is 405 g/mol. The molecule has 1 aliphatic rings. The monoisotopic (exact) mass is 404 g/mol. The van der Waals surface area contributed by atoms with E-state index < -0.39 is 5.82 Å². The predicted octanol–water partition coefficient (Wildman–Crippen LogP) is 3.62. The van der Waals surface area contributed by atoms with Crippen molar-refractivity contribution in [1.29, 1.82) is 0 Å². The highest BCUT2D eigenvalue weighted by Crippen LogP contribution is 2.23. The lowest BCUT2D eigenvalue weighted by Crippen LogP contribution is -2.50. The number of piperazine rings is 1. The Bertz CT molecular complexity index is 838. The number of benzene rings is 2. The molecule has 2 amide bonds. The van der Waals surface area contributed by atoms with Gasteiger partial charge in [-0.15, -0.1) is 0 Å². The lowest BCUT2D eigenvalue weighted by molar-refractivity contribution is -0.132. The molecule has 1 fully saturated rings. The van der Waals surface area contributed by atoms with E-state index in [-0.39, 0.29) is 17.4 Å². The van der Waals surface area contributed by atoms with Crippen molar-refractivity contribution in [2.75, 3.05) is 32.8 Å². The quantitative estimate of drug-likeness (QED) is 0.691. The maximum Gasteiger partial charge on any atom is 0.256 e. The van der Waals surface area contributed by atoms with Gasteiger partial charge in [-0.1, -0.05) is 35.9 Å². The van der Waals surface area contributed by atoms with Crippen LogP contribution in [0.3, 0.4) is 0 Å². The molecular formula is C21H22ClFN2O3. The first-order valence-electron chi connectivity index (χ1n) is 9.25. The van der Waals surface area contributed by atoms with Crippen LogP contribution >= 0.6 is 11.6 Å². The smallest absolute Gasteiger partial charge is 0.256 e. The van der Waals surface area contributed by atoms with Crippen LogP contribution in [0.5, 0.6) is 5.75 Å². The third-order valence-corrected chi connectivity index (χ3v) is 4.97. The van der Waals surface area contributed by atoms with Gasteiger partial charge in [0.1, 0.15) is 11.6 Å². The molecule has 1 aliphatic heterocycles. The van der Waals surface area contributed by atoms with Gasteiger partial charge in [0.25, 0.3) is 5.91 Å². The maximum atomic E-state index is 13.8. The van der Waals surface area contributed by atoms with Crippen LogP contribution in [0.25, 0.3) is 0 Å². The second-order valence-corrected chi connectivity index (χ2v) is 6.94. The molecule has 148 valence electrons. The molecule has 0 bridgehead atoms. The van der Waals surface area contributed by atoms with Gasteiger partial charge in [-0.05, 0) is 30.7 Å². The highest BCUT2D eigenvalue weighted by Gasteiger charge is 2.25. The van der Waals surface area contributed by atoms with Crippen molar-refractivity contribution in [2.24, 2.45) is 0 Å². The Balaban J connectivity index is 1.41. The minimum Gasteiger partial charge on any atom is -0.492 e. The lowest BCUT2D eigenvalue weighted by Gasteiger charge is -2.35. The molecule has 0 unspecified atom stereocenters. The number of halogens is 2. The zero-order valence-corrected chi connectivity index (χ0v) is 16.2. The topological polar surface area (TPSA) is 49.9 Å². The zero-order chi connectivity index (χ0) is 19.9. The van der Waals surface area contributed by atoms with Crippen LogP contribution in [0.2, 0.25) is 5.02 Å². The third kappa shape index (κ3) is 5.01. The summed E-state index contributed by atoms with van der Waals surface area (Å²) < 4.78 is 19.4. The highest BCUT2D eigenvalue weighted by molar-refractivity contribution is 6.32. The van der Waals surface area contributed by atoms with Gasteiger partial charge in [0.05, 0.1) is 17.2 Å².